The van der Waals surface area contributed by atoms with Crippen LogP contribution < -0.4 is 0 Å². The van der Waals surface area contributed by atoms with E-state index < -0.39 is 0 Å². The van der Waals surface area contributed by atoms with Crippen LogP contribution in [0.25, 0.3) is 0 Å². The highest BCUT2D eigenvalue weighted by Gasteiger charge is 2.18. The first-order valence-corrected chi connectivity index (χ1v) is 6.90. The smallest absolute Gasteiger partial charge is 0.0922 e. The Morgan fingerprint density at radius 2 is 1.44 bits per heavy atom. The van der Waals surface area contributed by atoms with Gasteiger partial charge in [-0.05, 0) is 68.6 Å². The van der Waals surface area contributed by atoms with E-state index in [2.05, 4.69) is 52.5 Å². The van der Waals surface area contributed by atoms with E-state index in [0.717, 1.165) is 25.2 Å². The fourth-order valence-electron chi connectivity index (χ4n) is 2.56. The second-order valence-electron chi connectivity index (χ2n) is 5.18. The van der Waals surface area contributed by atoms with Gasteiger partial charge in [-0.2, -0.15) is 0 Å². The molecule has 0 fully saturated rings. The molecule has 0 aliphatic rings. The third-order valence-electron chi connectivity index (χ3n) is 4.08. The van der Waals surface area contributed by atoms with E-state index in [4.69, 9.17) is 0 Å². The summed E-state index contributed by atoms with van der Waals surface area (Å²) in [5.74, 6) is 0. The molecule has 2 heteroatoms. The Labute approximate surface area is 112 Å². The van der Waals surface area contributed by atoms with E-state index in [-0.39, 0.29) is 6.10 Å². The van der Waals surface area contributed by atoms with Gasteiger partial charge in [0.1, 0.15) is 0 Å². The van der Waals surface area contributed by atoms with Crippen LogP contribution in [0.15, 0.2) is 6.07 Å². The molecule has 2 nitrogen and oxygen atoms in total. The van der Waals surface area contributed by atoms with Crippen molar-refractivity contribution in [2.24, 2.45) is 0 Å². The highest BCUT2D eigenvalue weighted by molar-refractivity contribution is 5.45. The van der Waals surface area contributed by atoms with Gasteiger partial charge in [-0.25, -0.2) is 0 Å². The van der Waals surface area contributed by atoms with Crippen LogP contribution in [0, 0.1) is 27.7 Å². The number of nitrogens with zero attached hydrogens (tertiary/aromatic N) is 1. The third-order valence-corrected chi connectivity index (χ3v) is 4.08. The minimum absolute atomic E-state index is 0.386. The standard InChI is InChI=1S/C16H27NO/c1-7-17(8-2)10-15(18)16-13(5)11(3)9-12(4)14(16)6/h9,15,18H,7-8,10H2,1-6H3. The summed E-state index contributed by atoms with van der Waals surface area (Å²) >= 11 is 0. The Hall–Kier alpha value is -0.860. The van der Waals surface area contributed by atoms with E-state index in [1.54, 1.807) is 0 Å². The van der Waals surface area contributed by atoms with Crippen LogP contribution in [-0.2, 0) is 0 Å². The van der Waals surface area contributed by atoms with E-state index in [1.807, 2.05) is 0 Å². The minimum Gasteiger partial charge on any atom is -0.387 e. The van der Waals surface area contributed by atoms with Gasteiger partial charge in [0, 0.05) is 6.54 Å². The van der Waals surface area contributed by atoms with Crippen molar-refractivity contribution < 1.29 is 5.11 Å². The number of rotatable bonds is 5. The minimum atomic E-state index is -0.386. The van der Waals surface area contributed by atoms with Crippen molar-refractivity contribution in [3.63, 3.8) is 0 Å². The quantitative estimate of drug-likeness (QED) is 0.865. The predicted molar refractivity (Wildman–Crippen MR) is 78.1 cm³/mol. The van der Waals surface area contributed by atoms with Gasteiger partial charge in [-0.3, -0.25) is 0 Å². The molecule has 1 unspecified atom stereocenters. The normalized spacial score (nSPS) is 13.1. The van der Waals surface area contributed by atoms with Crippen molar-refractivity contribution in [3.8, 4) is 0 Å². The summed E-state index contributed by atoms with van der Waals surface area (Å²) in [7, 11) is 0. The molecule has 1 aromatic rings. The topological polar surface area (TPSA) is 23.5 Å². The molecule has 0 aliphatic carbocycles. The van der Waals surface area contributed by atoms with Gasteiger partial charge in [0.2, 0.25) is 0 Å². The molecule has 0 aliphatic heterocycles. The molecule has 0 bridgehead atoms. The third kappa shape index (κ3) is 3.12. The fraction of sp³-hybridized carbons (Fsp3) is 0.625. The Balaban J connectivity index is 3.08. The lowest BCUT2D eigenvalue weighted by Crippen LogP contribution is -2.29. The summed E-state index contributed by atoms with van der Waals surface area (Å²) in [6.45, 7) is 15.4. The highest BCUT2D eigenvalue weighted by Crippen LogP contribution is 2.27. The Morgan fingerprint density at radius 1 is 1.00 bits per heavy atom. The second-order valence-corrected chi connectivity index (χ2v) is 5.18. The first kappa shape index (κ1) is 15.2. The van der Waals surface area contributed by atoms with Crippen molar-refractivity contribution in [2.75, 3.05) is 19.6 Å². The maximum Gasteiger partial charge on any atom is 0.0922 e. The van der Waals surface area contributed by atoms with Gasteiger partial charge in [0.15, 0.2) is 0 Å². The Bertz CT molecular complexity index is 382. The van der Waals surface area contributed by atoms with Gasteiger partial charge in [0.25, 0.3) is 0 Å². The first-order chi connectivity index (χ1) is 8.42. The lowest BCUT2D eigenvalue weighted by Gasteiger charge is -2.25. The monoisotopic (exact) mass is 249 g/mol. The zero-order valence-electron chi connectivity index (χ0n) is 12.7. The molecule has 0 spiro atoms. The maximum atomic E-state index is 10.5. The molecule has 0 amide bonds. The number of hydrogen-bond acceptors (Lipinski definition) is 2. The number of likely N-dealkylation sites (N-methyl/N-ethyl adjacent to an activating group) is 1. The molecule has 0 saturated heterocycles. The summed E-state index contributed by atoms with van der Waals surface area (Å²) in [5.41, 5.74) is 6.13. The lowest BCUT2D eigenvalue weighted by molar-refractivity contribution is 0.118. The SMILES string of the molecule is CCN(CC)CC(O)c1c(C)c(C)cc(C)c1C. The molecular weight excluding hydrogens is 222 g/mol. The molecule has 1 aromatic carbocycles. The Morgan fingerprint density at radius 3 is 1.83 bits per heavy atom. The number of benzene rings is 1. The maximum absolute atomic E-state index is 10.5. The fourth-order valence-corrected chi connectivity index (χ4v) is 2.56. The van der Waals surface area contributed by atoms with Gasteiger partial charge in [0.05, 0.1) is 6.10 Å². The molecule has 0 heterocycles. The summed E-state index contributed by atoms with van der Waals surface area (Å²) in [6, 6.07) is 2.21. The molecule has 0 aromatic heterocycles. The number of hydrogen-bond donors (Lipinski definition) is 1. The molecule has 0 saturated carbocycles. The number of aryl methyl sites for hydroxylation is 2. The van der Waals surface area contributed by atoms with E-state index in [9.17, 15) is 5.11 Å². The average molecular weight is 249 g/mol. The van der Waals surface area contributed by atoms with E-state index >= 15 is 0 Å². The first-order valence-electron chi connectivity index (χ1n) is 6.90. The number of aliphatic hydroxyl groups is 1. The van der Waals surface area contributed by atoms with Gasteiger partial charge in [-0.15, -0.1) is 0 Å². The molecule has 1 rings (SSSR count). The lowest BCUT2D eigenvalue weighted by atomic mass is 9.91. The van der Waals surface area contributed by atoms with Crippen molar-refractivity contribution in [2.45, 2.75) is 47.6 Å². The molecular formula is C16H27NO. The zero-order chi connectivity index (χ0) is 13.9. The summed E-state index contributed by atoms with van der Waals surface area (Å²) < 4.78 is 0. The summed E-state index contributed by atoms with van der Waals surface area (Å²) in [5, 5.41) is 10.5. The van der Waals surface area contributed by atoms with Crippen molar-refractivity contribution in [1.29, 1.82) is 0 Å². The van der Waals surface area contributed by atoms with Gasteiger partial charge < -0.3 is 10.0 Å². The number of aliphatic hydroxyl groups excluding tert-OH is 1. The Kier molecular flexibility index (Phi) is 5.36. The van der Waals surface area contributed by atoms with Crippen molar-refractivity contribution >= 4 is 0 Å². The molecule has 1 atom stereocenters. The second kappa shape index (κ2) is 6.35. The van der Waals surface area contributed by atoms with Gasteiger partial charge in [-0.1, -0.05) is 19.9 Å². The van der Waals surface area contributed by atoms with Crippen LogP contribution in [0.1, 0.15) is 47.8 Å². The van der Waals surface area contributed by atoms with Crippen molar-refractivity contribution in [3.05, 3.63) is 33.9 Å². The molecule has 0 radical (unpaired) electrons. The van der Waals surface area contributed by atoms with Crippen LogP contribution in [0.4, 0.5) is 0 Å². The van der Waals surface area contributed by atoms with Gasteiger partial charge >= 0.3 is 0 Å². The van der Waals surface area contributed by atoms with Crippen molar-refractivity contribution in [1.82, 2.24) is 4.90 Å². The van der Waals surface area contributed by atoms with Crippen LogP contribution in [0.2, 0.25) is 0 Å². The summed E-state index contributed by atoms with van der Waals surface area (Å²) in [6.07, 6.45) is -0.386. The molecule has 18 heavy (non-hydrogen) atoms. The van der Waals surface area contributed by atoms with Crippen LogP contribution >= 0.6 is 0 Å². The van der Waals surface area contributed by atoms with E-state index in [0.29, 0.717) is 0 Å². The summed E-state index contributed by atoms with van der Waals surface area (Å²) in [4.78, 5) is 2.27. The van der Waals surface area contributed by atoms with Crippen LogP contribution in [0.3, 0.4) is 0 Å². The van der Waals surface area contributed by atoms with Crippen LogP contribution in [0.5, 0.6) is 0 Å². The molecule has 102 valence electrons. The van der Waals surface area contributed by atoms with Crippen LogP contribution in [-0.4, -0.2) is 29.6 Å². The highest BCUT2D eigenvalue weighted by atomic mass is 16.3. The molecule has 1 N–H and O–H groups in total. The van der Waals surface area contributed by atoms with E-state index in [1.165, 1.54) is 22.3 Å². The average Bonchev–Trinajstić information content (AvgIpc) is 2.33. The predicted octanol–water partition coefficient (Wildman–Crippen LogP) is 3.30. The largest absolute Gasteiger partial charge is 0.387 e. The zero-order valence-corrected chi connectivity index (χ0v) is 12.7.